The second-order valence-electron chi connectivity index (χ2n) is 6.07. The van der Waals surface area contributed by atoms with Crippen LogP contribution in [0.4, 0.5) is 13.2 Å². The highest BCUT2D eigenvalue weighted by Crippen LogP contribution is 2.41. The lowest BCUT2D eigenvalue weighted by atomic mass is 9.94. The number of halogens is 3. The first-order valence-corrected chi connectivity index (χ1v) is 7.93. The second kappa shape index (κ2) is 5.72. The van der Waals surface area contributed by atoms with E-state index in [0.717, 1.165) is 17.2 Å². The predicted molar refractivity (Wildman–Crippen MR) is 91.5 cm³/mol. The van der Waals surface area contributed by atoms with Gasteiger partial charge in [0.25, 0.3) is 0 Å². The first-order chi connectivity index (χ1) is 12.4. The van der Waals surface area contributed by atoms with Crippen LogP contribution in [0.25, 0.3) is 33.3 Å². The van der Waals surface area contributed by atoms with Crippen molar-refractivity contribution in [2.75, 3.05) is 0 Å². The Morgan fingerprint density at radius 3 is 2.50 bits per heavy atom. The van der Waals surface area contributed by atoms with Crippen LogP contribution in [-0.2, 0) is 6.18 Å². The zero-order valence-electron chi connectivity index (χ0n) is 14.0. The van der Waals surface area contributed by atoms with Crippen molar-refractivity contribution in [3.05, 3.63) is 59.7 Å². The second-order valence-corrected chi connectivity index (χ2v) is 6.07. The Hall–Kier alpha value is -3.09. The van der Waals surface area contributed by atoms with Crippen LogP contribution in [0.5, 0.6) is 0 Å². The molecule has 0 amide bonds. The molecule has 0 aliphatic rings. The van der Waals surface area contributed by atoms with Gasteiger partial charge in [0.05, 0.1) is 28.6 Å². The maximum Gasteiger partial charge on any atom is 0.417 e. The van der Waals surface area contributed by atoms with Gasteiger partial charge in [0.2, 0.25) is 0 Å². The molecule has 0 aliphatic heterocycles. The number of hydrogen-bond donors (Lipinski definition) is 1. The van der Waals surface area contributed by atoms with Crippen molar-refractivity contribution in [1.29, 1.82) is 0 Å². The molecule has 0 atom stereocenters. The Bertz CT molecular complexity index is 1090. The highest BCUT2D eigenvalue weighted by molar-refractivity contribution is 5.97. The summed E-state index contributed by atoms with van der Waals surface area (Å²) in [6.45, 7) is 3.57. The predicted octanol–water partition coefficient (Wildman–Crippen LogP) is 5.52. The molecule has 132 valence electrons. The largest absolute Gasteiger partial charge is 0.417 e. The number of nitrogens with one attached hydrogen (secondary N) is 1. The summed E-state index contributed by atoms with van der Waals surface area (Å²) in [6.07, 6.45) is -2.99. The fourth-order valence-electron chi connectivity index (χ4n) is 3.26. The summed E-state index contributed by atoms with van der Waals surface area (Å²) in [7, 11) is 0. The van der Waals surface area contributed by atoms with Crippen LogP contribution in [0.2, 0.25) is 0 Å². The van der Waals surface area contributed by atoms with Crippen molar-refractivity contribution >= 4 is 11.0 Å². The molecule has 0 unspecified atom stereocenters. The van der Waals surface area contributed by atoms with Gasteiger partial charge in [-0.15, -0.1) is 0 Å². The average Bonchev–Trinajstić information content (AvgIpc) is 3.19. The number of nitrogens with zero attached hydrogens (tertiary/aromatic N) is 2. The standard InChI is InChI=1S/C19H14F3N3O/c1-10-17(11(2)26-25-10)12-7-14(18-16(8-12)23-9-24-18)13-5-3-4-6-15(13)19(20,21)22/h3-9H,1-2H3,(H,23,24). The van der Waals surface area contributed by atoms with Crippen molar-refractivity contribution in [2.45, 2.75) is 20.0 Å². The third-order valence-electron chi connectivity index (χ3n) is 4.37. The zero-order valence-corrected chi connectivity index (χ0v) is 14.0. The molecule has 7 heteroatoms. The lowest BCUT2D eigenvalue weighted by molar-refractivity contribution is -0.137. The van der Waals surface area contributed by atoms with Gasteiger partial charge in [-0.3, -0.25) is 0 Å². The minimum Gasteiger partial charge on any atom is -0.361 e. The number of aromatic nitrogens is 3. The molecule has 0 fully saturated rings. The van der Waals surface area contributed by atoms with E-state index >= 15 is 0 Å². The average molecular weight is 357 g/mol. The van der Waals surface area contributed by atoms with Crippen molar-refractivity contribution in [1.82, 2.24) is 15.1 Å². The van der Waals surface area contributed by atoms with Gasteiger partial charge in [0.1, 0.15) is 5.76 Å². The molecule has 0 aliphatic carbocycles. The summed E-state index contributed by atoms with van der Waals surface area (Å²) >= 11 is 0. The van der Waals surface area contributed by atoms with E-state index in [1.54, 1.807) is 26.0 Å². The van der Waals surface area contributed by atoms with E-state index in [1.165, 1.54) is 18.5 Å². The zero-order chi connectivity index (χ0) is 18.5. The fraction of sp³-hybridized carbons (Fsp3) is 0.158. The lowest BCUT2D eigenvalue weighted by Gasteiger charge is -2.14. The Morgan fingerprint density at radius 1 is 1.04 bits per heavy atom. The molecule has 2 aromatic heterocycles. The number of benzene rings is 2. The molecule has 2 heterocycles. The molecular weight excluding hydrogens is 343 g/mol. The summed E-state index contributed by atoms with van der Waals surface area (Å²) in [4.78, 5) is 7.21. The summed E-state index contributed by atoms with van der Waals surface area (Å²) in [5, 5.41) is 3.94. The van der Waals surface area contributed by atoms with E-state index in [1.807, 2.05) is 6.07 Å². The van der Waals surface area contributed by atoms with Crippen LogP contribution >= 0.6 is 0 Å². The van der Waals surface area contributed by atoms with Crippen LogP contribution in [0.3, 0.4) is 0 Å². The highest BCUT2D eigenvalue weighted by atomic mass is 19.4. The number of aromatic amines is 1. The van der Waals surface area contributed by atoms with Crippen molar-refractivity contribution < 1.29 is 17.7 Å². The van der Waals surface area contributed by atoms with Crippen molar-refractivity contribution in [3.8, 4) is 22.3 Å². The number of H-pyrrole nitrogens is 1. The number of imidazole rings is 1. The van der Waals surface area contributed by atoms with Crippen LogP contribution in [0, 0.1) is 13.8 Å². The number of hydrogen-bond acceptors (Lipinski definition) is 3. The van der Waals surface area contributed by atoms with E-state index in [0.29, 0.717) is 28.1 Å². The molecular formula is C19H14F3N3O. The summed E-state index contributed by atoms with van der Waals surface area (Å²) < 4.78 is 45.7. The van der Waals surface area contributed by atoms with Crippen molar-refractivity contribution in [2.24, 2.45) is 0 Å². The Balaban J connectivity index is 2.05. The molecule has 26 heavy (non-hydrogen) atoms. The van der Waals surface area contributed by atoms with Crippen LogP contribution < -0.4 is 0 Å². The van der Waals surface area contributed by atoms with Crippen LogP contribution in [0.1, 0.15) is 17.0 Å². The van der Waals surface area contributed by atoms with Gasteiger partial charge in [0.15, 0.2) is 0 Å². The fourth-order valence-corrected chi connectivity index (χ4v) is 3.26. The van der Waals surface area contributed by atoms with Gasteiger partial charge in [0, 0.05) is 11.1 Å². The number of rotatable bonds is 2. The third-order valence-corrected chi connectivity index (χ3v) is 4.37. The summed E-state index contributed by atoms with van der Waals surface area (Å²) in [5.74, 6) is 0.608. The Morgan fingerprint density at radius 2 is 1.81 bits per heavy atom. The first-order valence-electron chi connectivity index (χ1n) is 7.93. The van der Waals surface area contributed by atoms with E-state index in [2.05, 4.69) is 15.1 Å². The van der Waals surface area contributed by atoms with Gasteiger partial charge in [-0.25, -0.2) is 4.98 Å². The lowest BCUT2D eigenvalue weighted by Crippen LogP contribution is -2.07. The molecule has 1 N–H and O–H groups in total. The third kappa shape index (κ3) is 2.56. The van der Waals surface area contributed by atoms with Gasteiger partial charge >= 0.3 is 6.18 Å². The smallest absolute Gasteiger partial charge is 0.361 e. The maximum absolute atomic E-state index is 13.5. The SMILES string of the molecule is Cc1noc(C)c1-c1cc(-c2ccccc2C(F)(F)F)c2nc[nH]c2c1. The van der Waals surface area contributed by atoms with E-state index in [4.69, 9.17) is 4.52 Å². The molecule has 4 aromatic rings. The molecule has 2 aromatic carbocycles. The van der Waals surface area contributed by atoms with Gasteiger partial charge in [-0.2, -0.15) is 13.2 Å². The molecule has 0 spiro atoms. The van der Waals surface area contributed by atoms with Crippen molar-refractivity contribution in [3.63, 3.8) is 0 Å². The Kier molecular flexibility index (Phi) is 3.61. The molecule has 0 saturated heterocycles. The molecule has 4 nitrogen and oxygen atoms in total. The number of alkyl halides is 3. The van der Waals surface area contributed by atoms with E-state index in [-0.39, 0.29) is 5.56 Å². The summed E-state index contributed by atoms with van der Waals surface area (Å²) in [5.41, 5.74) is 3.11. The maximum atomic E-state index is 13.5. The van der Waals surface area contributed by atoms with Crippen LogP contribution in [0.15, 0.2) is 47.2 Å². The first kappa shape index (κ1) is 16.4. The number of aryl methyl sites for hydroxylation is 2. The van der Waals surface area contributed by atoms with E-state index in [9.17, 15) is 13.2 Å². The topological polar surface area (TPSA) is 54.7 Å². The minimum absolute atomic E-state index is 0.0886. The van der Waals surface area contributed by atoms with Crippen LogP contribution in [-0.4, -0.2) is 15.1 Å². The normalized spacial score (nSPS) is 12.0. The summed E-state index contributed by atoms with van der Waals surface area (Å²) in [6, 6.07) is 9.06. The quantitative estimate of drug-likeness (QED) is 0.514. The minimum atomic E-state index is -4.46. The molecule has 0 saturated carbocycles. The highest BCUT2D eigenvalue weighted by Gasteiger charge is 2.34. The molecule has 4 rings (SSSR count). The number of fused-ring (bicyclic) bond motifs is 1. The van der Waals surface area contributed by atoms with Gasteiger partial charge in [-0.05, 0) is 43.2 Å². The monoisotopic (exact) mass is 357 g/mol. The molecule has 0 radical (unpaired) electrons. The Labute approximate surface area is 146 Å². The molecule has 0 bridgehead atoms. The van der Waals surface area contributed by atoms with Gasteiger partial charge in [-0.1, -0.05) is 23.4 Å². The van der Waals surface area contributed by atoms with Gasteiger partial charge < -0.3 is 9.51 Å². The van der Waals surface area contributed by atoms with E-state index < -0.39 is 11.7 Å².